The molecule has 0 N–H and O–H groups in total. The number of carbonyl (C=O) groups is 2. The number of hydrogen-bond acceptors (Lipinski definition) is 7. The van der Waals surface area contributed by atoms with Crippen LogP contribution in [0.3, 0.4) is 0 Å². The Labute approximate surface area is 162 Å². The molecule has 0 radical (unpaired) electrons. The van der Waals surface area contributed by atoms with Crippen molar-refractivity contribution >= 4 is 28.4 Å². The van der Waals surface area contributed by atoms with Gasteiger partial charge in [-0.1, -0.05) is 12.1 Å². The lowest BCUT2D eigenvalue weighted by molar-refractivity contribution is 0.0968. The van der Waals surface area contributed by atoms with Crippen LogP contribution in [0.1, 0.15) is 38.7 Å². The highest BCUT2D eigenvalue weighted by Gasteiger charge is 2.34. The van der Waals surface area contributed by atoms with Gasteiger partial charge in [0, 0.05) is 19.6 Å². The van der Waals surface area contributed by atoms with Gasteiger partial charge >= 0.3 is 0 Å². The molecule has 0 unspecified atom stereocenters. The van der Waals surface area contributed by atoms with Crippen LogP contribution in [0, 0.1) is 0 Å². The van der Waals surface area contributed by atoms with E-state index in [0.717, 1.165) is 38.4 Å². The molecule has 1 fully saturated rings. The molecular formula is C21H19N5O2. The monoisotopic (exact) mass is 373 g/mol. The number of hydrogen-bond donors (Lipinski definition) is 0. The third-order valence-electron chi connectivity index (χ3n) is 5.38. The van der Waals surface area contributed by atoms with Crippen LogP contribution in [-0.4, -0.2) is 64.6 Å². The number of anilines is 1. The lowest BCUT2D eigenvalue weighted by atomic mass is 9.93. The van der Waals surface area contributed by atoms with Gasteiger partial charge in [-0.25, -0.2) is 15.0 Å². The zero-order valence-corrected chi connectivity index (χ0v) is 15.6. The Morgan fingerprint density at radius 2 is 1.46 bits per heavy atom. The minimum atomic E-state index is -0.336. The van der Waals surface area contributed by atoms with Gasteiger partial charge in [-0.3, -0.25) is 9.59 Å². The van der Waals surface area contributed by atoms with Crippen LogP contribution in [0.15, 0.2) is 36.4 Å². The van der Waals surface area contributed by atoms with Crippen molar-refractivity contribution in [3.05, 3.63) is 59.0 Å². The standard InChI is InChI=1S/C21H19N5O2/c1-25-9-4-10-26(12-11-25)16-8-7-13-17(24-16)21(28)19-18(20(13)27)22-14-5-2-3-6-15(14)23-19/h2-3,5-8H,4,9-12H2,1H3. The van der Waals surface area contributed by atoms with Crippen molar-refractivity contribution in [1.29, 1.82) is 0 Å². The molecule has 0 bridgehead atoms. The lowest BCUT2D eigenvalue weighted by Crippen LogP contribution is -2.31. The molecule has 0 atom stereocenters. The molecule has 3 heterocycles. The fourth-order valence-electron chi connectivity index (χ4n) is 3.81. The number of rotatable bonds is 1. The van der Waals surface area contributed by atoms with Gasteiger partial charge in [0.05, 0.1) is 16.6 Å². The van der Waals surface area contributed by atoms with Gasteiger partial charge < -0.3 is 9.80 Å². The average Bonchev–Trinajstić information content (AvgIpc) is 2.95. The zero-order valence-electron chi connectivity index (χ0n) is 15.6. The number of likely N-dealkylation sites (N-methyl/N-ethyl adjacent to an activating group) is 1. The minimum Gasteiger partial charge on any atom is -0.355 e. The molecule has 1 aliphatic carbocycles. The van der Waals surface area contributed by atoms with Crippen LogP contribution in [0.4, 0.5) is 5.82 Å². The fourth-order valence-corrected chi connectivity index (χ4v) is 3.81. The summed E-state index contributed by atoms with van der Waals surface area (Å²) in [6.07, 6.45) is 1.03. The van der Waals surface area contributed by atoms with E-state index in [1.807, 2.05) is 18.2 Å². The summed E-state index contributed by atoms with van der Waals surface area (Å²) in [5, 5.41) is 0. The molecule has 5 rings (SSSR count). The van der Waals surface area contributed by atoms with Gasteiger partial charge in [0.25, 0.3) is 0 Å². The van der Waals surface area contributed by atoms with Crippen LogP contribution in [0.25, 0.3) is 11.0 Å². The van der Waals surface area contributed by atoms with Crippen molar-refractivity contribution in [3.8, 4) is 0 Å². The normalized spacial score (nSPS) is 17.4. The molecule has 1 aromatic carbocycles. The summed E-state index contributed by atoms with van der Waals surface area (Å²) < 4.78 is 0. The van der Waals surface area contributed by atoms with Gasteiger partial charge in [0.2, 0.25) is 11.6 Å². The maximum atomic E-state index is 13.1. The van der Waals surface area contributed by atoms with Crippen LogP contribution in [0.2, 0.25) is 0 Å². The predicted molar refractivity (Wildman–Crippen MR) is 105 cm³/mol. The Morgan fingerprint density at radius 3 is 2.21 bits per heavy atom. The van der Waals surface area contributed by atoms with E-state index in [-0.39, 0.29) is 28.6 Å². The first kappa shape index (κ1) is 16.9. The van der Waals surface area contributed by atoms with Crippen molar-refractivity contribution in [2.24, 2.45) is 0 Å². The summed E-state index contributed by atoms with van der Waals surface area (Å²) in [5.41, 5.74) is 1.88. The number of nitrogens with zero attached hydrogens (tertiary/aromatic N) is 5. The Hall–Kier alpha value is -3.19. The lowest BCUT2D eigenvalue weighted by Gasteiger charge is -2.23. The zero-order chi connectivity index (χ0) is 19.3. The number of fused-ring (bicyclic) bond motifs is 3. The summed E-state index contributed by atoms with van der Waals surface area (Å²) in [5.74, 6) is 0.0987. The second-order valence-electron chi connectivity index (χ2n) is 7.28. The molecule has 1 aliphatic heterocycles. The van der Waals surface area contributed by atoms with E-state index in [1.54, 1.807) is 18.2 Å². The van der Waals surface area contributed by atoms with E-state index in [2.05, 4.69) is 31.8 Å². The first-order valence-corrected chi connectivity index (χ1v) is 9.42. The van der Waals surface area contributed by atoms with Crippen molar-refractivity contribution in [1.82, 2.24) is 19.9 Å². The summed E-state index contributed by atoms with van der Waals surface area (Å²) in [6, 6.07) is 10.8. The number of pyridine rings is 1. The van der Waals surface area contributed by atoms with Crippen molar-refractivity contribution in [3.63, 3.8) is 0 Å². The predicted octanol–water partition coefficient (Wildman–Crippen LogP) is 1.94. The van der Waals surface area contributed by atoms with Crippen LogP contribution in [0.5, 0.6) is 0 Å². The minimum absolute atomic E-state index is 0.0939. The van der Waals surface area contributed by atoms with E-state index in [4.69, 9.17) is 0 Å². The molecular weight excluding hydrogens is 354 g/mol. The average molecular weight is 373 g/mol. The second-order valence-corrected chi connectivity index (χ2v) is 7.28. The Morgan fingerprint density at radius 1 is 0.750 bits per heavy atom. The van der Waals surface area contributed by atoms with Gasteiger partial charge in [0.1, 0.15) is 22.9 Å². The quantitative estimate of drug-likeness (QED) is 0.504. The largest absolute Gasteiger partial charge is 0.355 e. The molecule has 0 amide bonds. The third kappa shape index (κ3) is 2.66. The second kappa shape index (κ2) is 6.45. The summed E-state index contributed by atoms with van der Waals surface area (Å²) in [4.78, 5) is 43.9. The maximum absolute atomic E-state index is 13.1. The number of aromatic nitrogens is 3. The van der Waals surface area contributed by atoms with Crippen molar-refractivity contribution < 1.29 is 9.59 Å². The Kier molecular flexibility index (Phi) is 3.91. The van der Waals surface area contributed by atoms with Crippen LogP contribution < -0.4 is 4.90 Å². The Bertz CT molecular complexity index is 1130. The van der Waals surface area contributed by atoms with E-state index in [0.29, 0.717) is 16.6 Å². The fraction of sp³-hybridized carbons (Fsp3) is 0.286. The smallest absolute Gasteiger partial charge is 0.232 e. The number of para-hydroxylation sites is 2. The maximum Gasteiger partial charge on any atom is 0.232 e. The third-order valence-corrected chi connectivity index (χ3v) is 5.38. The van der Waals surface area contributed by atoms with E-state index >= 15 is 0 Å². The van der Waals surface area contributed by atoms with Gasteiger partial charge in [0.15, 0.2) is 0 Å². The van der Waals surface area contributed by atoms with Crippen molar-refractivity contribution in [2.45, 2.75) is 6.42 Å². The SMILES string of the molecule is CN1CCCN(c2ccc3c(n2)C(=O)c2nc4ccccc4nc2C3=O)CC1. The number of benzene rings is 1. The van der Waals surface area contributed by atoms with E-state index < -0.39 is 0 Å². The molecule has 2 aliphatic rings. The topological polar surface area (TPSA) is 79.3 Å². The Balaban J connectivity index is 1.58. The van der Waals surface area contributed by atoms with Gasteiger partial charge in [-0.15, -0.1) is 0 Å². The summed E-state index contributed by atoms with van der Waals surface area (Å²) >= 11 is 0. The molecule has 7 nitrogen and oxygen atoms in total. The first-order chi connectivity index (χ1) is 13.6. The molecule has 2 aromatic heterocycles. The number of carbonyl (C=O) groups excluding carboxylic acids is 2. The number of ketones is 2. The molecule has 0 spiro atoms. The molecule has 1 saturated heterocycles. The first-order valence-electron chi connectivity index (χ1n) is 9.42. The molecule has 140 valence electrons. The van der Waals surface area contributed by atoms with Crippen LogP contribution in [-0.2, 0) is 0 Å². The van der Waals surface area contributed by atoms with Crippen LogP contribution >= 0.6 is 0 Å². The summed E-state index contributed by atoms with van der Waals surface area (Å²) in [6.45, 7) is 3.69. The highest BCUT2D eigenvalue weighted by atomic mass is 16.1. The van der Waals surface area contributed by atoms with E-state index in [9.17, 15) is 9.59 Å². The highest BCUT2D eigenvalue weighted by molar-refractivity contribution is 6.26. The molecule has 7 heteroatoms. The molecule has 3 aromatic rings. The molecule has 0 saturated carbocycles. The van der Waals surface area contributed by atoms with Gasteiger partial charge in [-0.2, -0.15) is 0 Å². The van der Waals surface area contributed by atoms with Crippen molar-refractivity contribution in [2.75, 3.05) is 38.1 Å². The summed E-state index contributed by atoms with van der Waals surface area (Å²) in [7, 11) is 2.10. The van der Waals surface area contributed by atoms with Gasteiger partial charge in [-0.05, 0) is 44.3 Å². The van der Waals surface area contributed by atoms with E-state index in [1.165, 1.54) is 0 Å². The molecule has 28 heavy (non-hydrogen) atoms. The highest BCUT2D eigenvalue weighted by Crippen LogP contribution is 2.27.